The van der Waals surface area contributed by atoms with E-state index in [4.69, 9.17) is 6.57 Å². The molecule has 0 aliphatic rings. The van der Waals surface area contributed by atoms with E-state index in [2.05, 4.69) is 9.26 Å². The van der Waals surface area contributed by atoms with Crippen molar-refractivity contribution in [1.29, 1.82) is 0 Å². The van der Waals surface area contributed by atoms with E-state index in [1.54, 1.807) is 0 Å². The Hall–Kier alpha value is -1.44. The topological polar surface area (TPSA) is 17.5 Å². The molecule has 0 spiro atoms. The molecule has 70 valence electrons. The van der Waals surface area contributed by atoms with Crippen LogP contribution in [0.2, 0.25) is 0 Å². The highest BCUT2D eigenvalue weighted by Crippen LogP contribution is 2.30. The second kappa shape index (κ2) is 3.52. The maximum atomic E-state index is 12.0. The SMILES string of the molecule is [C-]#[N+]CCc1ccc(C(F)(F)F)o1. The highest BCUT2D eigenvalue weighted by molar-refractivity contribution is 5.10. The quantitative estimate of drug-likeness (QED) is 0.654. The Balaban J connectivity index is 2.71. The smallest absolute Gasteiger partial charge is 0.449 e. The zero-order valence-corrected chi connectivity index (χ0v) is 6.56. The molecule has 0 unspecified atom stereocenters. The zero-order chi connectivity index (χ0) is 9.90. The highest BCUT2D eigenvalue weighted by Gasteiger charge is 2.34. The van der Waals surface area contributed by atoms with Gasteiger partial charge in [0.15, 0.2) is 0 Å². The fourth-order valence-electron chi connectivity index (χ4n) is 0.831. The normalized spacial score (nSPS) is 11.2. The summed E-state index contributed by atoms with van der Waals surface area (Å²) in [5.41, 5.74) is 0. The standard InChI is InChI=1S/C8H6F3NO/c1-12-5-4-6-2-3-7(13-6)8(9,10)11/h2-3H,4-5H2. The number of alkyl halides is 3. The summed E-state index contributed by atoms with van der Waals surface area (Å²) < 4.78 is 40.4. The van der Waals surface area contributed by atoms with Crippen molar-refractivity contribution in [2.45, 2.75) is 12.6 Å². The van der Waals surface area contributed by atoms with E-state index in [0.717, 1.165) is 6.07 Å². The van der Waals surface area contributed by atoms with Crippen LogP contribution in [0, 0.1) is 6.57 Å². The van der Waals surface area contributed by atoms with Crippen molar-refractivity contribution in [2.24, 2.45) is 0 Å². The second-order valence-electron chi connectivity index (χ2n) is 2.40. The van der Waals surface area contributed by atoms with Gasteiger partial charge in [-0.05, 0) is 12.1 Å². The monoisotopic (exact) mass is 189 g/mol. The lowest BCUT2D eigenvalue weighted by Gasteiger charge is -1.99. The van der Waals surface area contributed by atoms with Crippen molar-refractivity contribution >= 4 is 0 Å². The van der Waals surface area contributed by atoms with Crippen LogP contribution in [0.1, 0.15) is 11.5 Å². The molecule has 0 bridgehead atoms. The molecule has 1 aromatic rings. The van der Waals surface area contributed by atoms with Crippen LogP contribution in [0.4, 0.5) is 13.2 Å². The molecule has 1 rings (SSSR count). The van der Waals surface area contributed by atoms with Crippen LogP contribution < -0.4 is 0 Å². The third-order valence-electron chi connectivity index (χ3n) is 1.41. The summed E-state index contributed by atoms with van der Waals surface area (Å²) in [6, 6.07) is 2.12. The Morgan fingerprint density at radius 2 is 2.08 bits per heavy atom. The van der Waals surface area contributed by atoms with Gasteiger partial charge in [-0.1, -0.05) is 0 Å². The molecule has 0 atom stereocenters. The summed E-state index contributed by atoms with van der Waals surface area (Å²) in [6.07, 6.45) is -4.21. The van der Waals surface area contributed by atoms with Gasteiger partial charge in [0.2, 0.25) is 12.3 Å². The summed E-state index contributed by atoms with van der Waals surface area (Å²) in [4.78, 5) is 3.01. The number of hydrogen-bond donors (Lipinski definition) is 0. The maximum absolute atomic E-state index is 12.0. The Kier molecular flexibility index (Phi) is 2.61. The van der Waals surface area contributed by atoms with Crippen molar-refractivity contribution in [1.82, 2.24) is 0 Å². The number of hydrogen-bond acceptors (Lipinski definition) is 1. The number of nitrogens with zero attached hydrogens (tertiary/aromatic N) is 1. The molecule has 0 saturated heterocycles. The van der Waals surface area contributed by atoms with Gasteiger partial charge in [-0.25, -0.2) is 6.57 Å². The van der Waals surface area contributed by atoms with Crippen LogP contribution in [0.15, 0.2) is 16.5 Å². The maximum Gasteiger partial charge on any atom is 0.449 e. The third-order valence-corrected chi connectivity index (χ3v) is 1.41. The molecule has 0 saturated carbocycles. The van der Waals surface area contributed by atoms with Crippen LogP contribution >= 0.6 is 0 Å². The Morgan fingerprint density at radius 3 is 2.54 bits per heavy atom. The van der Waals surface area contributed by atoms with Gasteiger partial charge in [-0.3, -0.25) is 0 Å². The van der Waals surface area contributed by atoms with E-state index >= 15 is 0 Å². The van der Waals surface area contributed by atoms with E-state index in [0.29, 0.717) is 0 Å². The van der Waals surface area contributed by atoms with Crippen LogP contribution in [0.3, 0.4) is 0 Å². The number of furan rings is 1. The average molecular weight is 189 g/mol. The third kappa shape index (κ3) is 2.51. The molecule has 0 aromatic carbocycles. The Morgan fingerprint density at radius 1 is 1.38 bits per heavy atom. The van der Waals surface area contributed by atoms with Crippen LogP contribution in [-0.4, -0.2) is 6.54 Å². The summed E-state index contributed by atoms with van der Waals surface area (Å²) >= 11 is 0. The summed E-state index contributed by atoms with van der Waals surface area (Å²) in [5.74, 6) is -0.809. The summed E-state index contributed by atoms with van der Waals surface area (Å²) in [5, 5.41) is 0. The Bertz CT molecular complexity index is 321. The first-order chi connectivity index (χ1) is 6.04. The summed E-state index contributed by atoms with van der Waals surface area (Å²) in [6.45, 7) is 6.59. The van der Waals surface area contributed by atoms with E-state index in [9.17, 15) is 13.2 Å². The lowest BCUT2D eigenvalue weighted by atomic mass is 10.3. The van der Waals surface area contributed by atoms with Gasteiger partial charge in [0.05, 0.1) is 6.42 Å². The van der Waals surface area contributed by atoms with Gasteiger partial charge >= 0.3 is 6.18 Å². The first-order valence-electron chi connectivity index (χ1n) is 3.53. The van der Waals surface area contributed by atoms with Crippen LogP contribution in [0.5, 0.6) is 0 Å². The van der Waals surface area contributed by atoms with Gasteiger partial charge < -0.3 is 9.26 Å². The van der Waals surface area contributed by atoms with E-state index in [1.165, 1.54) is 6.07 Å². The van der Waals surface area contributed by atoms with Gasteiger partial charge in [-0.15, -0.1) is 0 Å². The first kappa shape index (κ1) is 9.65. The molecule has 0 fully saturated rings. The molecule has 5 heteroatoms. The molecule has 1 heterocycles. The minimum atomic E-state index is -4.43. The highest BCUT2D eigenvalue weighted by atomic mass is 19.4. The van der Waals surface area contributed by atoms with Crippen molar-refractivity contribution in [3.05, 3.63) is 35.1 Å². The van der Waals surface area contributed by atoms with Crippen molar-refractivity contribution in [2.75, 3.05) is 6.54 Å². The van der Waals surface area contributed by atoms with Crippen molar-refractivity contribution in [3.63, 3.8) is 0 Å². The lowest BCUT2D eigenvalue weighted by Crippen LogP contribution is -2.02. The van der Waals surface area contributed by atoms with Crippen molar-refractivity contribution in [3.8, 4) is 0 Å². The molecule has 0 aliphatic carbocycles. The van der Waals surface area contributed by atoms with Crippen LogP contribution in [-0.2, 0) is 12.6 Å². The predicted octanol–water partition coefficient (Wildman–Crippen LogP) is 2.76. The minimum Gasteiger partial charge on any atom is -0.456 e. The fraction of sp³-hybridized carbons (Fsp3) is 0.375. The number of rotatable bonds is 2. The average Bonchev–Trinajstić information content (AvgIpc) is 2.47. The molecule has 2 nitrogen and oxygen atoms in total. The Labute approximate surface area is 72.8 Å². The van der Waals surface area contributed by atoms with E-state index in [1.807, 2.05) is 0 Å². The van der Waals surface area contributed by atoms with Gasteiger partial charge in [0.25, 0.3) is 0 Å². The number of halogens is 3. The minimum absolute atomic E-state index is 0.144. The van der Waals surface area contributed by atoms with E-state index in [-0.39, 0.29) is 18.7 Å². The zero-order valence-electron chi connectivity index (χ0n) is 6.56. The van der Waals surface area contributed by atoms with Crippen molar-refractivity contribution < 1.29 is 17.6 Å². The van der Waals surface area contributed by atoms with Gasteiger partial charge in [0, 0.05) is 0 Å². The molecule has 13 heavy (non-hydrogen) atoms. The lowest BCUT2D eigenvalue weighted by molar-refractivity contribution is -0.153. The van der Waals surface area contributed by atoms with Gasteiger partial charge in [0.1, 0.15) is 5.76 Å². The molecule has 0 radical (unpaired) electrons. The molecule has 1 aromatic heterocycles. The molecular formula is C8H6F3NO. The second-order valence-corrected chi connectivity index (χ2v) is 2.40. The molecule has 0 amide bonds. The fourth-order valence-corrected chi connectivity index (χ4v) is 0.831. The molecule has 0 N–H and O–H groups in total. The predicted molar refractivity (Wildman–Crippen MR) is 38.9 cm³/mol. The largest absolute Gasteiger partial charge is 0.456 e. The van der Waals surface area contributed by atoms with Crippen LogP contribution in [0.25, 0.3) is 4.85 Å². The summed E-state index contributed by atoms with van der Waals surface area (Å²) in [7, 11) is 0. The molecular weight excluding hydrogens is 183 g/mol. The first-order valence-corrected chi connectivity index (χ1v) is 3.53. The molecule has 0 aliphatic heterocycles. The van der Waals surface area contributed by atoms with E-state index < -0.39 is 11.9 Å². The van der Waals surface area contributed by atoms with Gasteiger partial charge in [-0.2, -0.15) is 13.2 Å².